The van der Waals surface area contributed by atoms with E-state index in [0.717, 1.165) is 28.1 Å². The first-order chi connectivity index (χ1) is 9.45. The summed E-state index contributed by atoms with van der Waals surface area (Å²) in [6.07, 6.45) is 2.62. The molecule has 0 fully saturated rings. The average Bonchev–Trinajstić information content (AvgIpc) is 2.92. The van der Waals surface area contributed by atoms with Gasteiger partial charge in [0.05, 0.1) is 12.8 Å². The lowest BCUT2D eigenvalue weighted by Gasteiger charge is -2.29. The number of ether oxygens (including phenoxy) is 1. The second kappa shape index (κ2) is 4.34. The lowest BCUT2D eigenvalue weighted by Crippen LogP contribution is -2.24. The lowest BCUT2D eigenvalue weighted by molar-refractivity contribution is 0.0529. The first-order valence-corrected chi connectivity index (χ1v) is 7.40. The SMILES string of the molecule is CCOC(=O)c1c(N)sc2c1-c1cn[nH]c1CC2(C)C. The zero-order valence-corrected chi connectivity index (χ0v) is 12.6. The number of rotatable bonds is 2. The first kappa shape index (κ1) is 13.2. The fourth-order valence-electron chi connectivity index (χ4n) is 2.77. The van der Waals surface area contributed by atoms with Gasteiger partial charge in [0, 0.05) is 27.1 Å². The molecule has 0 saturated heterocycles. The fourth-order valence-corrected chi connectivity index (χ4v) is 3.94. The zero-order chi connectivity index (χ0) is 14.5. The van der Waals surface area contributed by atoms with Crippen LogP contribution in [-0.4, -0.2) is 22.8 Å². The van der Waals surface area contributed by atoms with Crippen LogP contribution in [0.1, 0.15) is 41.7 Å². The molecule has 2 aromatic heterocycles. The number of hydrogen-bond acceptors (Lipinski definition) is 5. The number of nitrogen functional groups attached to an aromatic ring is 1. The van der Waals surface area contributed by atoms with Gasteiger partial charge in [-0.25, -0.2) is 4.79 Å². The van der Waals surface area contributed by atoms with E-state index in [-0.39, 0.29) is 11.4 Å². The van der Waals surface area contributed by atoms with Crippen molar-refractivity contribution in [1.29, 1.82) is 0 Å². The van der Waals surface area contributed by atoms with Gasteiger partial charge in [0.2, 0.25) is 0 Å². The van der Waals surface area contributed by atoms with Crippen LogP contribution in [-0.2, 0) is 16.6 Å². The van der Waals surface area contributed by atoms with Crippen LogP contribution < -0.4 is 5.73 Å². The number of aromatic amines is 1. The molecule has 3 rings (SSSR count). The Balaban J connectivity index is 2.27. The van der Waals surface area contributed by atoms with Gasteiger partial charge in [0.15, 0.2) is 0 Å². The van der Waals surface area contributed by atoms with E-state index in [1.165, 1.54) is 11.3 Å². The number of nitrogens with two attached hydrogens (primary N) is 1. The first-order valence-electron chi connectivity index (χ1n) is 6.58. The van der Waals surface area contributed by atoms with E-state index in [9.17, 15) is 4.79 Å². The Hall–Kier alpha value is -1.82. The van der Waals surface area contributed by atoms with Gasteiger partial charge in [0.25, 0.3) is 0 Å². The summed E-state index contributed by atoms with van der Waals surface area (Å²) < 4.78 is 5.15. The summed E-state index contributed by atoms with van der Waals surface area (Å²) >= 11 is 1.48. The Morgan fingerprint density at radius 1 is 1.60 bits per heavy atom. The average molecular weight is 291 g/mol. The second-order valence-electron chi connectivity index (χ2n) is 5.59. The number of aromatic nitrogens is 2. The van der Waals surface area contributed by atoms with E-state index in [2.05, 4.69) is 24.0 Å². The molecule has 0 unspecified atom stereocenters. The van der Waals surface area contributed by atoms with E-state index < -0.39 is 0 Å². The number of thiophene rings is 1. The van der Waals surface area contributed by atoms with E-state index in [1.54, 1.807) is 13.1 Å². The molecule has 20 heavy (non-hydrogen) atoms. The fraction of sp³-hybridized carbons (Fsp3) is 0.429. The van der Waals surface area contributed by atoms with Crippen LogP contribution in [0.2, 0.25) is 0 Å². The summed E-state index contributed by atoms with van der Waals surface area (Å²) in [6.45, 7) is 6.44. The van der Waals surface area contributed by atoms with Gasteiger partial charge >= 0.3 is 5.97 Å². The highest BCUT2D eigenvalue weighted by molar-refractivity contribution is 7.17. The number of nitrogens with zero attached hydrogens (tertiary/aromatic N) is 1. The molecule has 2 aromatic rings. The third-order valence-corrected chi connectivity index (χ3v) is 5.02. The van der Waals surface area contributed by atoms with Crippen LogP contribution in [0.3, 0.4) is 0 Å². The number of carbonyl (C=O) groups excluding carboxylic acids is 1. The van der Waals surface area contributed by atoms with E-state index in [4.69, 9.17) is 10.5 Å². The summed E-state index contributed by atoms with van der Waals surface area (Å²) in [5.74, 6) is -0.354. The highest BCUT2D eigenvalue weighted by Gasteiger charge is 2.38. The summed E-state index contributed by atoms with van der Waals surface area (Å²) in [6, 6.07) is 0. The molecule has 3 N–H and O–H groups in total. The molecular weight excluding hydrogens is 274 g/mol. The van der Waals surface area contributed by atoms with Crippen LogP contribution in [0.25, 0.3) is 11.1 Å². The minimum Gasteiger partial charge on any atom is -0.462 e. The van der Waals surface area contributed by atoms with Gasteiger partial charge in [-0.1, -0.05) is 13.8 Å². The molecule has 0 bridgehead atoms. The zero-order valence-electron chi connectivity index (χ0n) is 11.7. The van der Waals surface area contributed by atoms with E-state index in [1.807, 2.05) is 0 Å². The molecule has 1 aliphatic rings. The van der Waals surface area contributed by atoms with Crippen molar-refractivity contribution in [1.82, 2.24) is 10.2 Å². The molecular formula is C14H17N3O2S. The highest BCUT2D eigenvalue weighted by atomic mass is 32.1. The number of carbonyl (C=O) groups is 1. The van der Waals surface area contributed by atoms with Gasteiger partial charge < -0.3 is 10.5 Å². The molecule has 0 aliphatic heterocycles. The minimum absolute atomic E-state index is 0.0710. The van der Waals surface area contributed by atoms with E-state index in [0.29, 0.717) is 17.2 Å². The van der Waals surface area contributed by atoms with Crippen LogP contribution in [0, 0.1) is 0 Å². The Morgan fingerprint density at radius 2 is 2.35 bits per heavy atom. The maximum Gasteiger partial charge on any atom is 0.341 e. The van der Waals surface area contributed by atoms with Crippen LogP contribution in [0.4, 0.5) is 5.00 Å². The predicted molar refractivity (Wildman–Crippen MR) is 79.0 cm³/mol. The third kappa shape index (κ3) is 1.75. The molecule has 5 nitrogen and oxygen atoms in total. The molecule has 1 aliphatic carbocycles. The van der Waals surface area contributed by atoms with E-state index >= 15 is 0 Å². The van der Waals surface area contributed by atoms with Gasteiger partial charge in [-0.2, -0.15) is 5.10 Å². The highest BCUT2D eigenvalue weighted by Crippen LogP contribution is 2.50. The number of hydrogen-bond donors (Lipinski definition) is 2. The number of esters is 1. The molecule has 0 amide bonds. The van der Waals surface area contributed by atoms with Gasteiger partial charge in [-0.05, 0) is 13.3 Å². The Kier molecular flexibility index (Phi) is 2.86. The van der Waals surface area contributed by atoms with Crippen molar-refractivity contribution in [2.75, 3.05) is 12.3 Å². The number of nitrogens with one attached hydrogen (secondary N) is 1. The summed E-state index contributed by atoms with van der Waals surface area (Å²) in [4.78, 5) is 13.3. The van der Waals surface area contributed by atoms with Gasteiger partial charge in [0.1, 0.15) is 10.6 Å². The Labute approximate surface area is 121 Å². The molecule has 0 atom stereocenters. The maximum atomic E-state index is 12.2. The largest absolute Gasteiger partial charge is 0.462 e. The normalized spacial score (nSPS) is 15.6. The van der Waals surface area contributed by atoms with Crippen molar-refractivity contribution in [3.63, 3.8) is 0 Å². The summed E-state index contributed by atoms with van der Waals surface area (Å²) in [5.41, 5.74) is 9.41. The number of H-pyrrole nitrogens is 1. The predicted octanol–water partition coefficient (Wildman–Crippen LogP) is 2.73. The topological polar surface area (TPSA) is 81.0 Å². The van der Waals surface area contributed by atoms with Crippen LogP contribution >= 0.6 is 11.3 Å². The van der Waals surface area contributed by atoms with Crippen molar-refractivity contribution in [2.45, 2.75) is 32.6 Å². The standard InChI is InChI=1S/C14H17N3O2S/c1-4-19-13(18)10-9-7-6-16-17-8(7)5-14(2,3)11(9)20-12(10)15/h6H,4-5,15H2,1-3H3,(H,16,17). The molecule has 2 heterocycles. The monoisotopic (exact) mass is 291 g/mol. The van der Waals surface area contributed by atoms with Crippen molar-refractivity contribution >= 4 is 22.3 Å². The van der Waals surface area contributed by atoms with Crippen LogP contribution in [0.5, 0.6) is 0 Å². The molecule has 0 radical (unpaired) electrons. The minimum atomic E-state index is -0.354. The van der Waals surface area contributed by atoms with Crippen molar-refractivity contribution in [3.05, 3.63) is 22.3 Å². The Bertz CT molecular complexity index is 685. The van der Waals surface area contributed by atoms with Crippen molar-refractivity contribution < 1.29 is 9.53 Å². The van der Waals surface area contributed by atoms with Crippen molar-refractivity contribution in [2.24, 2.45) is 0 Å². The lowest BCUT2D eigenvalue weighted by atomic mass is 9.76. The smallest absolute Gasteiger partial charge is 0.341 e. The molecule has 6 heteroatoms. The second-order valence-corrected chi connectivity index (χ2v) is 6.64. The van der Waals surface area contributed by atoms with Gasteiger partial charge in [-0.3, -0.25) is 5.10 Å². The number of anilines is 1. The molecule has 0 saturated carbocycles. The van der Waals surface area contributed by atoms with Crippen molar-refractivity contribution in [3.8, 4) is 11.1 Å². The Morgan fingerprint density at radius 3 is 3.05 bits per heavy atom. The van der Waals surface area contributed by atoms with Crippen LogP contribution in [0.15, 0.2) is 6.20 Å². The third-order valence-electron chi connectivity index (χ3n) is 3.64. The molecule has 0 spiro atoms. The quantitative estimate of drug-likeness (QED) is 0.834. The maximum absolute atomic E-state index is 12.2. The number of fused-ring (bicyclic) bond motifs is 3. The molecule has 0 aromatic carbocycles. The molecule has 106 valence electrons. The summed E-state index contributed by atoms with van der Waals surface area (Å²) in [5, 5.41) is 7.66. The summed E-state index contributed by atoms with van der Waals surface area (Å²) in [7, 11) is 0. The van der Waals surface area contributed by atoms with Gasteiger partial charge in [-0.15, -0.1) is 11.3 Å².